The standard InChI is InChI=1S/C13H18BrN3O2/c1-16(11-3-2-7-15-8-6-11)12-5-4-10(14)9-13(12)17(18)19/h4-5,9,11,15H,2-3,6-8H2,1H3. The molecule has 1 saturated heterocycles. The molecule has 1 aliphatic heterocycles. The van der Waals surface area contributed by atoms with E-state index in [0.717, 1.165) is 36.8 Å². The van der Waals surface area contributed by atoms with Gasteiger partial charge in [0.05, 0.1) is 4.92 Å². The molecule has 2 rings (SSSR count). The van der Waals surface area contributed by atoms with Crippen LogP contribution < -0.4 is 10.2 Å². The van der Waals surface area contributed by atoms with Gasteiger partial charge in [0.15, 0.2) is 0 Å². The number of nitro groups is 1. The average Bonchev–Trinajstić information content (AvgIpc) is 2.66. The van der Waals surface area contributed by atoms with Crippen molar-refractivity contribution in [2.45, 2.75) is 25.3 Å². The van der Waals surface area contributed by atoms with Gasteiger partial charge in [0.25, 0.3) is 5.69 Å². The van der Waals surface area contributed by atoms with Crippen LogP contribution in [0.15, 0.2) is 22.7 Å². The van der Waals surface area contributed by atoms with Gasteiger partial charge in [-0.1, -0.05) is 15.9 Å². The third kappa shape index (κ3) is 3.45. The molecule has 1 fully saturated rings. The van der Waals surface area contributed by atoms with Crippen molar-refractivity contribution in [2.24, 2.45) is 0 Å². The molecule has 0 aromatic heterocycles. The van der Waals surface area contributed by atoms with E-state index in [9.17, 15) is 10.1 Å². The van der Waals surface area contributed by atoms with Gasteiger partial charge in [-0.2, -0.15) is 0 Å². The summed E-state index contributed by atoms with van der Waals surface area (Å²) in [6.45, 7) is 2.01. The summed E-state index contributed by atoms with van der Waals surface area (Å²) in [6.07, 6.45) is 3.19. The van der Waals surface area contributed by atoms with Crippen LogP contribution in [0.2, 0.25) is 0 Å². The second kappa shape index (κ2) is 6.34. The monoisotopic (exact) mass is 327 g/mol. The highest BCUT2D eigenvalue weighted by atomic mass is 79.9. The molecule has 5 nitrogen and oxygen atoms in total. The molecule has 1 aliphatic rings. The Bertz CT molecular complexity index is 459. The quantitative estimate of drug-likeness (QED) is 0.685. The van der Waals surface area contributed by atoms with E-state index < -0.39 is 0 Å². The summed E-state index contributed by atoms with van der Waals surface area (Å²) < 4.78 is 0.735. The largest absolute Gasteiger partial charge is 0.366 e. The lowest BCUT2D eigenvalue weighted by Gasteiger charge is -2.28. The molecule has 0 amide bonds. The number of nitrogens with zero attached hydrogens (tertiary/aromatic N) is 2. The summed E-state index contributed by atoms with van der Waals surface area (Å²) in [7, 11) is 1.95. The average molecular weight is 328 g/mol. The number of rotatable bonds is 3. The van der Waals surface area contributed by atoms with E-state index in [1.165, 1.54) is 0 Å². The highest BCUT2D eigenvalue weighted by molar-refractivity contribution is 9.10. The predicted octanol–water partition coefficient (Wildman–Crippen LogP) is 2.94. The highest BCUT2D eigenvalue weighted by Crippen LogP contribution is 2.32. The zero-order valence-corrected chi connectivity index (χ0v) is 12.5. The van der Waals surface area contributed by atoms with Crippen molar-refractivity contribution in [3.8, 4) is 0 Å². The summed E-state index contributed by atoms with van der Waals surface area (Å²) in [5, 5.41) is 14.5. The van der Waals surface area contributed by atoms with Gasteiger partial charge >= 0.3 is 0 Å². The van der Waals surface area contributed by atoms with Crippen molar-refractivity contribution < 1.29 is 4.92 Å². The normalized spacial score (nSPS) is 19.8. The Morgan fingerprint density at radius 3 is 2.95 bits per heavy atom. The van der Waals surface area contributed by atoms with E-state index in [0.29, 0.717) is 11.7 Å². The molecule has 19 heavy (non-hydrogen) atoms. The molecule has 0 saturated carbocycles. The molecule has 1 aromatic carbocycles. The number of hydrogen-bond donors (Lipinski definition) is 1. The summed E-state index contributed by atoms with van der Waals surface area (Å²) in [6, 6.07) is 5.60. The first-order valence-electron chi connectivity index (χ1n) is 6.47. The Morgan fingerprint density at radius 1 is 1.42 bits per heavy atom. The maximum Gasteiger partial charge on any atom is 0.293 e. The van der Waals surface area contributed by atoms with Crippen LogP contribution in [-0.2, 0) is 0 Å². The summed E-state index contributed by atoms with van der Waals surface area (Å²) in [5.74, 6) is 0. The Balaban J connectivity index is 2.26. The zero-order valence-electron chi connectivity index (χ0n) is 10.9. The van der Waals surface area contributed by atoms with E-state index in [1.54, 1.807) is 6.07 Å². The van der Waals surface area contributed by atoms with Gasteiger partial charge in [0.1, 0.15) is 5.69 Å². The van der Waals surface area contributed by atoms with Crippen molar-refractivity contribution in [1.82, 2.24) is 5.32 Å². The first kappa shape index (κ1) is 14.3. The molecule has 1 atom stereocenters. The first-order chi connectivity index (χ1) is 9.09. The van der Waals surface area contributed by atoms with E-state index in [1.807, 2.05) is 19.2 Å². The van der Waals surface area contributed by atoms with Crippen molar-refractivity contribution in [2.75, 3.05) is 25.0 Å². The van der Waals surface area contributed by atoms with Crippen molar-refractivity contribution >= 4 is 27.3 Å². The minimum Gasteiger partial charge on any atom is -0.366 e. The summed E-state index contributed by atoms with van der Waals surface area (Å²) in [4.78, 5) is 12.9. The van der Waals surface area contributed by atoms with E-state index in [2.05, 4.69) is 26.1 Å². The fourth-order valence-electron chi connectivity index (χ4n) is 2.53. The van der Waals surface area contributed by atoms with Gasteiger partial charge in [-0.05, 0) is 44.5 Å². The number of nitro benzene ring substituents is 1. The van der Waals surface area contributed by atoms with Crippen molar-refractivity contribution in [3.63, 3.8) is 0 Å². The number of halogens is 1. The molecule has 0 spiro atoms. The van der Waals surface area contributed by atoms with Gasteiger partial charge in [-0.3, -0.25) is 10.1 Å². The van der Waals surface area contributed by atoms with E-state index >= 15 is 0 Å². The van der Waals surface area contributed by atoms with Gasteiger partial charge in [0.2, 0.25) is 0 Å². The Kier molecular flexibility index (Phi) is 4.76. The highest BCUT2D eigenvalue weighted by Gasteiger charge is 2.23. The van der Waals surface area contributed by atoms with E-state index in [4.69, 9.17) is 0 Å². The Hall–Kier alpha value is -1.14. The van der Waals surface area contributed by atoms with Crippen LogP contribution in [0, 0.1) is 10.1 Å². The van der Waals surface area contributed by atoms with Crippen LogP contribution in [-0.4, -0.2) is 31.1 Å². The van der Waals surface area contributed by atoms with Crippen LogP contribution in [0.1, 0.15) is 19.3 Å². The molecule has 1 aromatic rings. The molecule has 1 unspecified atom stereocenters. The van der Waals surface area contributed by atoms with E-state index in [-0.39, 0.29) is 10.6 Å². The van der Waals surface area contributed by atoms with Crippen LogP contribution in [0.5, 0.6) is 0 Å². The van der Waals surface area contributed by atoms with Gasteiger partial charge in [0, 0.05) is 23.6 Å². The molecule has 1 N–H and O–H groups in total. The number of nitrogens with one attached hydrogen (secondary N) is 1. The topological polar surface area (TPSA) is 58.4 Å². The van der Waals surface area contributed by atoms with Crippen LogP contribution in [0.3, 0.4) is 0 Å². The molecule has 0 aliphatic carbocycles. The molecular weight excluding hydrogens is 310 g/mol. The fourth-order valence-corrected chi connectivity index (χ4v) is 2.87. The lowest BCUT2D eigenvalue weighted by Crippen LogP contribution is -2.32. The SMILES string of the molecule is CN(c1ccc(Br)cc1[N+](=O)[O-])C1CCCNCC1. The lowest BCUT2D eigenvalue weighted by atomic mass is 10.1. The fraction of sp³-hybridized carbons (Fsp3) is 0.538. The minimum absolute atomic E-state index is 0.161. The number of anilines is 1. The Morgan fingerprint density at radius 2 is 2.21 bits per heavy atom. The molecule has 0 bridgehead atoms. The molecule has 0 radical (unpaired) electrons. The number of hydrogen-bond acceptors (Lipinski definition) is 4. The third-order valence-corrected chi connectivity index (χ3v) is 4.10. The molecule has 6 heteroatoms. The molecular formula is C13H18BrN3O2. The predicted molar refractivity (Wildman–Crippen MR) is 79.7 cm³/mol. The van der Waals surface area contributed by atoms with Crippen LogP contribution in [0.4, 0.5) is 11.4 Å². The first-order valence-corrected chi connectivity index (χ1v) is 7.26. The lowest BCUT2D eigenvalue weighted by molar-refractivity contribution is -0.384. The zero-order chi connectivity index (χ0) is 13.8. The summed E-state index contributed by atoms with van der Waals surface area (Å²) in [5.41, 5.74) is 0.856. The second-order valence-electron chi connectivity index (χ2n) is 4.84. The van der Waals surface area contributed by atoms with Crippen LogP contribution in [0.25, 0.3) is 0 Å². The van der Waals surface area contributed by atoms with Crippen molar-refractivity contribution in [3.05, 3.63) is 32.8 Å². The minimum atomic E-state index is -0.314. The van der Waals surface area contributed by atoms with Gasteiger partial charge in [-0.15, -0.1) is 0 Å². The second-order valence-corrected chi connectivity index (χ2v) is 5.75. The molecule has 104 valence electrons. The maximum absolute atomic E-state index is 11.2. The van der Waals surface area contributed by atoms with Crippen molar-refractivity contribution in [1.29, 1.82) is 0 Å². The maximum atomic E-state index is 11.2. The van der Waals surface area contributed by atoms with Crippen LogP contribution >= 0.6 is 15.9 Å². The number of benzene rings is 1. The van der Waals surface area contributed by atoms with Gasteiger partial charge < -0.3 is 10.2 Å². The van der Waals surface area contributed by atoms with Gasteiger partial charge in [-0.25, -0.2) is 0 Å². The Labute approximate surface area is 121 Å². The molecule has 1 heterocycles. The third-order valence-electron chi connectivity index (χ3n) is 3.61. The summed E-state index contributed by atoms with van der Waals surface area (Å²) >= 11 is 3.29. The smallest absolute Gasteiger partial charge is 0.293 e.